The van der Waals surface area contributed by atoms with Crippen molar-refractivity contribution in [1.29, 1.82) is 0 Å². The first kappa shape index (κ1) is 9.70. The fourth-order valence-electron chi connectivity index (χ4n) is 0.862. The molecule has 0 aromatic carbocycles. The molecule has 0 bridgehead atoms. The fourth-order valence-corrected chi connectivity index (χ4v) is 2.56. The Hall–Kier alpha value is -0.390. The number of hydrogen-bond acceptors (Lipinski definition) is 3. The van der Waals surface area contributed by atoms with Crippen molar-refractivity contribution >= 4 is 21.4 Å². The molecule has 3 nitrogen and oxygen atoms in total. The molecule has 12 heavy (non-hydrogen) atoms. The van der Waals surface area contributed by atoms with E-state index in [1.807, 2.05) is 16.8 Å². The van der Waals surface area contributed by atoms with Crippen LogP contribution < -0.4 is 4.72 Å². The maximum absolute atomic E-state index is 11.3. The van der Waals surface area contributed by atoms with Crippen LogP contribution in [0.25, 0.3) is 0 Å². The fraction of sp³-hybridized carbons (Fsp3) is 0.429. The van der Waals surface area contributed by atoms with Crippen LogP contribution in [0.1, 0.15) is 17.7 Å². The predicted octanol–water partition coefficient (Wildman–Crippen LogP) is 1.36. The highest BCUT2D eigenvalue weighted by molar-refractivity contribution is 7.89. The standard InChI is InChI=1S/C7H11NO2S2/c1-6(12(9,10)8-2)7-3-4-11-5-7/h3-6,8H,1-2H3. The molecule has 1 aromatic rings. The normalized spacial score (nSPS) is 14.5. The Morgan fingerprint density at radius 3 is 2.67 bits per heavy atom. The van der Waals surface area contributed by atoms with E-state index in [0.29, 0.717) is 0 Å². The average molecular weight is 205 g/mol. The third-order valence-corrected chi connectivity index (χ3v) is 4.24. The largest absolute Gasteiger partial charge is 0.218 e. The van der Waals surface area contributed by atoms with Gasteiger partial charge in [-0.05, 0) is 36.4 Å². The van der Waals surface area contributed by atoms with Gasteiger partial charge in [0.25, 0.3) is 0 Å². The van der Waals surface area contributed by atoms with Gasteiger partial charge in [0.05, 0.1) is 5.25 Å². The smallest absolute Gasteiger partial charge is 0.218 e. The zero-order chi connectivity index (χ0) is 9.19. The van der Waals surface area contributed by atoms with Gasteiger partial charge in [0.1, 0.15) is 0 Å². The Bertz CT molecular complexity index is 328. The highest BCUT2D eigenvalue weighted by atomic mass is 32.2. The second-order valence-corrected chi connectivity index (χ2v) is 5.43. The number of thiophene rings is 1. The van der Waals surface area contributed by atoms with Gasteiger partial charge in [-0.25, -0.2) is 13.1 Å². The molecule has 1 atom stereocenters. The van der Waals surface area contributed by atoms with Gasteiger partial charge in [-0.3, -0.25) is 0 Å². The monoisotopic (exact) mass is 205 g/mol. The topological polar surface area (TPSA) is 46.2 Å². The molecular formula is C7H11NO2S2. The first-order chi connectivity index (χ1) is 5.58. The number of hydrogen-bond donors (Lipinski definition) is 1. The van der Waals surface area contributed by atoms with Crippen molar-refractivity contribution in [3.8, 4) is 0 Å². The van der Waals surface area contributed by atoms with Crippen molar-refractivity contribution in [2.75, 3.05) is 7.05 Å². The SMILES string of the molecule is CNS(=O)(=O)C(C)c1ccsc1. The summed E-state index contributed by atoms with van der Waals surface area (Å²) < 4.78 is 24.9. The van der Waals surface area contributed by atoms with Crippen molar-refractivity contribution < 1.29 is 8.42 Å². The van der Waals surface area contributed by atoms with E-state index in [4.69, 9.17) is 0 Å². The molecule has 0 radical (unpaired) electrons. The lowest BCUT2D eigenvalue weighted by Gasteiger charge is -2.09. The van der Waals surface area contributed by atoms with E-state index >= 15 is 0 Å². The van der Waals surface area contributed by atoms with Crippen LogP contribution in [0.4, 0.5) is 0 Å². The average Bonchev–Trinajstić information content (AvgIpc) is 2.55. The number of nitrogens with one attached hydrogen (secondary N) is 1. The van der Waals surface area contributed by atoms with Gasteiger partial charge in [0, 0.05) is 0 Å². The van der Waals surface area contributed by atoms with E-state index in [1.165, 1.54) is 18.4 Å². The van der Waals surface area contributed by atoms with Crippen LogP contribution in [0.5, 0.6) is 0 Å². The zero-order valence-corrected chi connectivity index (χ0v) is 8.58. The van der Waals surface area contributed by atoms with Gasteiger partial charge < -0.3 is 0 Å². The Kier molecular flexibility index (Phi) is 2.87. The van der Waals surface area contributed by atoms with Crippen molar-refractivity contribution in [2.24, 2.45) is 0 Å². The summed E-state index contributed by atoms with van der Waals surface area (Å²) >= 11 is 1.50. The molecule has 68 valence electrons. The quantitative estimate of drug-likeness (QED) is 0.810. The van der Waals surface area contributed by atoms with Crippen molar-refractivity contribution in [3.05, 3.63) is 22.4 Å². The summed E-state index contributed by atoms with van der Waals surface area (Å²) in [6.45, 7) is 1.67. The maximum Gasteiger partial charge on any atom is 0.218 e. The molecular weight excluding hydrogens is 194 g/mol. The van der Waals surface area contributed by atoms with Crippen LogP contribution in [0.2, 0.25) is 0 Å². The third kappa shape index (κ3) is 1.85. The lowest BCUT2D eigenvalue weighted by atomic mass is 10.3. The second kappa shape index (κ2) is 3.55. The minimum absolute atomic E-state index is 0.464. The molecule has 1 N–H and O–H groups in total. The first-order valence-corrected chi connectivity index (χ1v) is 6.01. The summed E-state index contributed by atoms with van der Waals surface area (Å²) in [7, 11) is -1.74. The van der Waals surface area contributed by atoms with E-state index in [9.17, 15) is 8.42 Å². The summed E-state index contributed by atoms with van der Waals surface area (Å²) in [5.41, 5.74) is 0.842. The van der Waals surface area contributed by atoms with Gasteiger partial charge in [-0.1, -0.05) is 0 Å². The van der Waals surface area contributed by atoms with Gasteiger partial charge in [0.15, 0.2) is 0 Å². The summed E-state index contributed by atoms with van der Waals surface area (Å²) in [6.07, 6.45) is 0. The first-order valence-electron chi connectivity index (χ1n) is 3.52. The Balaban J connectivity index is 2.94. The summed E-state index contributed by atoms with van der Waals surface area (Å²) in [6, 6.07) is 1.82. The van der Waals surface area contributed by atoms with Crippen LogP contribution in [0.3, 0.4) is 0 Å². The molecule has 1 rings (SSSR count). The Morgan fingerprint density at radius 1 is 1.58 bits per heavy atom. The van der Waals surface area contributed by atoms with Gasteiger partial charge in [-0.15, -0.1) is 0 Å². The third-order valence-electron chi connectivity index (χ3n) is 1.76. The molecule has 0 spiro atoms. The van der Waals surface area contributed by atoms with Crippen LogP contribution in [-0.2, 0) is 10.0 Å². The van der Waals surface area contributed by atoms with Gasteiger partial charge in [0.2, 0.25) is 10.0 Å². The van der Waals surface area contributed by atoms with Crippen LogP contribution >= 0.6 is 11.3 Å². The highest BCUT2D eigenvalue weighted by Gasteiger charge is 2.20. The molecule has 0 saturated carbocycles. The highest BCUT2D eigenvalue weighted by Crippen LogP contribution is 2.22. The van der Waals surface area contributed by atoms with Gasteiger partial charge >= 0.3 is 0 Å². The maximum atomic E-state index is 11.3. The van der Waals surface area contributed by atoms with E-state index in [1.54, 1.807) is 6.92 Å². The summed E-state index contributed by atoms with van der Waals surface area (Å²) in [5, 5.41) is 3.25. The molecule has 1 heterocycles. The van der Waals surface area contributed by atoms with E-state index in [2.05, 4.69) is 4.72 Å². The summed E-state index contributed by atoms with van der Waals surface area (Å²) in [4.78, 5) is 0. The molecule has 5 heteroatoms. The Morgan fingerprint density at radius 2 is 2.25 bits per heavy atom. The molecule has 1 aromatic heterocycles. The molecule has 0 fully saturated rings. The minimum atomic E-state index is -3.16. The number of rotatable bonds is 3. The van der Waals surface area contributed by atoms with Crippen molar-refractivity contribution in [1.82, 2.24) is 4.72 Å². The van der Waals surface area contributed by atoms with Crippen LogP contribution in [-0.4, -0.2) is 15.5 Å². The molecule has 1 unspecified atom stereocenters. The van der Waals surface area contributed by atoms with Crippen LogP contribution in [0.15, 0.2) is 16.8 Å². The van der Waals surface area contributed by atoms with E-state index in [0.717, 1.165) is 5.56 Å². The Labute approximate surface area is 76.5 Å². The van der Waals surface area contributed by atoms with E-state index < -0.39 is 15.3 Å². The zero-order valence-electron chi connectivity index (χ0n) is 6.94. The molecule has 0 saturated heterocycles. The summed E-state index contributed by atoms with van der Waals surface area (Å²) in [5.74, 6) is 0. The van der Waals surface area contributed by atoms with E-state index in [-0.39, 0.29) is 0 Å². The lowest BCUT2D eigenvalue weighted by Crippen LogP contribution is -2.23. The van der Waals surface area contributed by atoms with Crippen molar-refractivity contribution in [2.45, 2.75) is 12.2 Å². The minimum Gasteiger partial charge on any atom is -0.218 e. The second-order valence-electron chi connectivity index (χ2n) is 2.45. The number of sulfonamides is 1. The predicted molar refractivity (Wildman–Crippen MR) is 50.7 cm³/mol. The molecule has 0 aliphatic heterocycles. The lowest BCUT2D eigenvalue weighted by molar-refractivity contribution is 0.578. The molecule has 0 aliphatic carbocycles. The molecule has 0 aliphatic rings. The van der Waals surface area contributed by atoms with Crippen molar-refractivity contribution in [3.63, 3.8) is 0 Å². The van der Waals surface area contributed by atoms with Crippen LogP contribution in [0, 0.1) is 0 Å². The molecule has 0 amide bonds. The van der Waals surface area contributed by atoms with Gasteiger partial charge in [-0.2, -0.15) is 11.3 Å².